The van der Waals surface area contributed by atoms with Gasteiger partial charge in [0.05, 0.1) is 11.1 Å². The van der Waals surface area contributed by atoms with Crippen LogP contribution in [0, 0.1) is 0 Å². The van der Waals surface area contributed by atoms with Gasteiger partial charge in [0.2, 0.25) is 11.0 Å². The van der Waals surface area contributed by atoms with Gasteiger partial charge in [-0.25, -0.2) is 0 Å². The number of halogens is 7. The molecule has 0 radical (unpaired) electrons. The molecule has 1 aliphatic rings. The summed E-state index contributed by atoms with van der Waals surface area (Å²) in [5.74, 6) is -1.79. The molecule has 3 aromatic rings. The van der Waals surface area contributed by atoms with Crippen LogP contribution >= 0.6 is 22.9 Å². The highest BCUT2D eigenvalue weighted by Gasteiger charge is 2.40. The van der Waals surface area contributed by atoms with E-state index in [2.05, 4.69) is 15.5 Å². The summed E-state index contributed by atoms with van der Waals surface area (Å²) in [6.07, 6.45) is -9.69. The third-order valence-electron chi connectivity index (χ3n) is 5.40. The fraction of sp³-hybridized carbons (Fsp3) is 0.273. The summed E-state index contributed by atoms with van der Waals surface area (Å²) in [4.78, 5) is 26.8. The summed E-state index contributed by atoms with van der Waals surface area (Å²) in [5, 5.41) is 11.5. The van der Waals surface area contributed by atoms with Crippen molar-refractivity contribution in [1.82, 2.24) is 15.1 Å². The lowest BCUT2D eigenvalue weighted by Gasteiger charge is -2.24. The minimum Gasteiger partial charge on any atom is -0.327 e. The van der Waals surface area contributed by atoms with Gasteiger partial charge in [-0.1, -0.05) is 35.1 Å². The number of alkyl halides is 6. The van der Waals surface area contributed by atoms with Crippen LogP contribution in [0.4, 0.5) is 31.5 Å². The van der Waals surface area contributed by atoms with Gasteiger partial charge in [-0.2, -0.15) is 26.3 Å². The van der Waals surface area contributed by atoms with Gasteiger partial charge in [0.15, 0.2) is 0 Å². The van der Waals surface area contributed by atoms with Crippen LogP contribution in [0.25, 0.3) is 10.6 Å². The van der Waals surface area contributed by atoms with Crippen molar-refractivity contribution in [3.63, 3.8) is 0 Å². The van der Waals surface area contributed by atoms with Gasteiger partial charge in [0, 0.05) is 22.7 Å². The third-order valence-corrected chi connectivity index (χ3v) is 6.54. The second kappa shape index (κ2) is 9.69. The van der Waals surface area contributed by atoms with E-state index in [0.29, 0.717) is 34.1 Å². The van der Waals surface area contributed by atoms with E-state index in [4.69, 9.17) is 11.6 Å². The molecule has 6 nitrogen and oxygen atoms in total. The number of amides is 2. The first-order chi connectivity index (χ1) is 16.8. The Labute approximate surface area is 208 Å². The Morgan fingerprint density at radius 2 is 1.58 bits per heavy atom. The van der Waals surface area contributed by atoms with Crippen LogP contribution in [0.15, 0.2) is 42.5 Å². The molecule has 36 heavy (non-hydrogen) atoms. The highest BCUT2D eigenvalue weighted by atomic mass is 35.5. The van der Waals surface area contributed by atoms with Crippen LogP contribution in [0.2, 0.25) is 5.02 Å². The number of rotatable bonds is 4. The maximum absolute atomic E-state index is 13.2. The molecule has 0 bridgehead atoms. The van der Waals surface area contributed by atoms with Crippen molar-refractivity contribution in [3.8, 4) is 10.6 Å². The molecule has 2 amide bonds. The van der Waals surface area contributed by atoms with E-state index in [-0.39, 0.29) is 24.2 Å². The van der Waals surface area contributed by atoms with Crippen molar-refractivity contribution >= 4 is 39.9 Å². The van der Waals surface area contributed by atoms with Gasteiger partial charge < -0.3 is 4.90 Å². The second-order valence-corrected chi connectivity index (χ2v) is 9.27. The van der Waals surface area contributed by atoms with E-state index in [1.165, 1.54) is 0 Å². The predicted molar refractivity (Wildman–Crippen MR) is 119 cm³/mol. The molecule has 0 saturated carbocycles. The average molecular weight is 549 g/mol. The van der Waals surface area contributed by atoms with E-state index in [0.717, 1.165) is 16.2 Å². The van der Waals surface area contributed by atoms with Crippen molar-refractivity contribution in [2.75, 3.05) is 11.9 Å². The lowest BCUT2D eigenvalue weighted by molar-refractivity contribution is -0.143. The average Bonchev–Trinajstić information content (AvgIpc) is 3.47. The molecule has 1 atom stereocenters. The zero-order chi connectivity index (χ0) is 26.3. The highest BCUT2D eigenvalue weighted by molar-refractivity contribution is 7.18. The SMILES string of the molecule is O=C(Nc1nnc(-c2ccc(Cl)cc2)s1)C1CCCN1C(=O)c1cc(C(F)(F)F)cc(C(F)(F)F)c1. The third kappa shape index (κ3) is 5.62. The molecule has 2 heterocycles. The van der Waals surface area contributed by atoms with Gasteiger partial charge in [0.25, 0.3) is 5.91 Å². The van der Waals surface area contributed by atoms with Crippen molar-refractivity contribution in [1.29, 1.82) is 0 Å². The van der Waals surface area contributed by atoms with Crippen LogP contribution in [-0.2, 0) is 17.1 Å². The first kappa shape index (κ1) is 25.9. The van der Waals surface area contributed by atoms with Crippen LogP contribution in [0.5, 0.6) is 0 Å². The molecule has 190 valence electrons. The van der Waals surface area contributed by atoms with Crippen molar-refractivity contribution < 1.29 is 35.9 Å². The molecule has 2 aromatic carbocycles. The molecule has 1 aliphatic heterocycles. The molecule has 1 aromatic heterocycles. The number of hydrogen-bond donors (Lipinski definition) is 1. The Bertz CT molecular complexity index is 1260. The molecule has 0 aliphatic carbocycles. The van der Waals surface area contributed by atoms with Gasteiger partial charge in [-0.3, -0.25) is 14.9 Å². The predicted octanol–water partition coefficient (Wildman–Crippen LogP) is 6.14. The van der Waals surface area contributed by atoms with Gasteiger partial charge in [-0.15, -0.1) is 10.2 Å². The largest absolute Gasteiger partial charge is 0.416 e. The molecule has 4 rings (SSSR count). The molecular weight excluding hydrogens is 534 g/mol. The zero-order valence-corrected chi connectivity index (χ0v) is 19.5. The molecule has 14 heteroatoms. The van der Waals surface area contributed by atoms with Crippen LogP contribution in [0.1, 0.15) is 34.3 Å². The minimum absolute atomic E-state index is 0.0132. The normalized spacial score (nSPS) is 16.3. The number of hydrogen-bond acceptors (Lipinski definition) is 5. The van der Waals surface area contributed by atoms with E-state index in [1.54, 1.807) is 24.3 Å². The van der Waals surface area contributed by atoms with E-state index in [9.17, 15) is 35.9 Å². The Morgan fingerprint density at radius 3 is 2.17 bits per heavy atom. The van der Waals surface area contributed by atoms with Crippen LogP contribution < -0.4 is 5.32 Å². The summed E-state index contributed by atoms with van der Waals surface area (Å²) in [6, 6.07) is 6.25. The lowest BCUT2D eigenvalue weighted by Crippen LogP contribution is -2.43. The maximum Gasteiger partial charge on any atom is 0.416 e. The lowest BCUT2D eigenvalue weighted by atomic mass is 10.0. The molecule has 1 unspecified atom stereocenters. The van der Waals surface area contributed by atoms with Gasteiger partial charge in [0.1, 0.15) is 11.0 Å². The fourth-order valence-electron chi connectivity index (χ4n) is 3.70. The summed E-state index contributed by atoms with van der Waals surface area (Å²) in [6.45, 7) is -0.0132. The van der Waals surface area contributed by atoms with E-state index in [1.807, 2.05) is 0 Å². The molecule has 0 spiro atoms. The number of benzene rings is 2. The number of aromatic nitrogens is 2. The first-order valence-corrected chi connectivity index (χ1v) is 11.5. The summed E-state index contributed by atoms with van der Waals surface area (Å²) < 4.78 is 79.2. The van der Waals surface area contributed by atoms with Gasteiger partial charge in [-0.05, 0) is 43.2 Å². The Balaban J connectivity index is 1.54. The topological polar surface area (TPSA) is 75.2 Å². The number of carbonyl (C=O) groups excluding carboxylic acids is 2. The molecular formula is C22H15ClF6N4O2S. The van der Waals surface area contributed by atoms with Crippen molar-refractivity contribution in [2.24, 2.45) is 0 Å². The Kier molecular flexibility index (Phi) is 6.97. The molecule has 1 fully saturated rings. The quantitative estimate of drug-likeness (QED) is 0.398. The van der Waals surface area contributed by atoms with Crippen LogP contribution in [0.3, 0.4) is 0 Å². The molecule has 1 saturated heterocycles. The molecule has 1 N–H and O–H groups in total. The Morgan fingerprint density at radius 1 is 0.972 bits per heavy atom. The zero-order valence-electron chi connectivity index (χ0n) is 18.0. The number of anilines is 1. The monoisotopic (exact) mass is 548 g/mol. The maximum atomic E-state index is 13.2. The van der Waals surface area contributed by atoms with Gasteiger partial charge >= 0.3 is 12.4 Å². The fourth-order valence-corrected chi connectivity index (χ4v) is 4.58. The summed E-state index contributed by atoms with van der Waals surface area (Å²) in [7, 11) is 0. The second-order valence-electron chi connectivity index (χ2n) is 7.86. The summed E-state index contributed by atoms with van der Waals surface area (Å²) in [5.41, 5.74) is -3.33. The van der Waals surface area contributed by atoms with Crippen molar-refractivity contribution in [2.45, 2.75) is 31.2 Å². The number of likely N-dealkylation sites (tertiary alicyclic amines) is 1. The Hall–Kier alpha value is -3.19. The number of nitrogens with zero attached hydrogens (tertiary/aromatic N) is 3. The first-order valence-electron chi connectivity index (χ1n) is 10.3. The smallest absolute Gasteiger partial charge is 0.327 e. The van der Waals surface area contributed by atoms with E-state index >= 15 is 0 Å². The minimum atomic E-state index is -5.10. The van der Waals surface area contributed by atoms with Crippen LogP contribution in [-0.4, -0.2) is 39.5 Å². The highest BCUT2D eigenvalue weighted by Crippen LogP contribution is 2.37. The summed E-state index contributed by atoms with van der Waals surface area (Å²) >= 11 is 6.90. The standard InChI is InChI=1S/C22H15ClF6N4O2S/c23-15-5-3-11(4-6-15)18-31-32-20(36-18)30-17(34)16-2-1-7-33(16)19(35)12-8-13(21(24,25)26)10-14(9-12)22(27,28)29/h3-6,8-10,16H,1-2,7H2,(H,30,32,34). The number of nitrogens with one attached hydrogen (secondary N) is 1. The van der Waals surface area contributed by atoms with Crippen molar-refractivity contribution in [3.05, 3.63) is 64.2 Å². The van der Waals surface area contributed by atoms with E-state index < -0.39 is 46.9 Å². The number of carbonyl (C=O) groups is 2.